The predicted octanol–water partition coefficient (Wildman–Crippen LogP) is 1.72. The maximum atomic E-state index is 13.0. The van der Waals surface area contributed by atoms with E-state index in [0.717, 1.165) is 5.56 Å². The molecule has 8 nitrogen and oxygen atoms in total. The third-order valence-corrected chi connectivity index (χ3v) is 5.85. The van der Waals surface area contributed by atoms with Crippen molar-refractivity contribution in [3.8, 4) is 0 Å². The van der Waals surface area contributed by atoms with Crippen molar-refractivity contribution in [3.05, 3.63) is 35.9 Å². The Labute approximate surface area is 189 Å². The van der Waals surface area contributed by atoms with Gasteiger partial charge in [0.1, 0.15) is 24.2 Å². The molecule has 0 aromatic heterocycles. The first-order chi connectivity index (χ1) is 15.1. The molecule has 1 aromatic rings. The summed E-state index contributed by atoms with van der Waals surface area (Å²) in [4.78, 5) is 51.4. The average molecular weight is 446 g/mol. The van der Waals surface area contributed by atoms with Crippen LogP contribution in [0.3, 0.4) is 0 Å². The second-order valence-electron chi connectivity index (χ2n) is 8.84. The maximum absolute atomic E-state index is 13.0. The van der Waals surface area contributed by atoms with Crippen molar-refractivity contribution in [1.82, 2.24) is 16.0 Å². The number of carbonyl (C=O) groups is 4. The molecule has 32 heavy (non-hydrogen) atoms. The molecule has 0 bridgehead atoms. The predicted molar refractivity (Wildman–Crippen MR) is 120 cm³/mol. The van der Waals surface area contributed by atoms with Crippen LogP contribution in [0.15, 0.2) is 30.3 Å². The molecule has 3 amide bonds. The first kappa shape index (κ1) is 25.4. The summed E-state index contributed by atoms with van der Waals surface area (Å²) in [7, 11) is 0. The van der Waals surface area contributed by atoms with Gasteiger partial charge in [-0.1, -0.05) is 64.4 Å². The SMILES string of the molecule is CC[C@H](C)[C@H]1NC(=O)[C@H](C)NC(=O)[C@H](Cc2ccccc2)NC(=O)C[C@@H](C(C)C)OC1=O. The summed E-state index contributed by atoms with van der Waals surface area (Å²) in [6, 6.07) is 6.69. The molecule has 1 aliphatic rings. The van der Waals surface area contributed by atoms with Crippen LogP contribution in [0, 0.1) is 11.8 Å². The summed E-state index contributed by atoms with van der Waals surface area (Å²) in [5.74, 6) is -2.20. The second-order valence-corrected chi connectivity index (χ2v) is 8.84. The molecule has 1 fully saturated rings. The Morgan fingerprint density at radius 3 is 2.22 bits per heavy atom. The fraction of sp³-hybridized carbons (Fsp3) is 0.583. The van der Waals surface area contributed by atoms with Gasteiger partial charge in [-0.05, 0) is 24.3 Å². The van der Waals surface area contributed by atoms with Gasteiger partial charge in [0.05, 0.1) is 6.42 Å². The molecule has 1 aliphatic heterocycles. The maximum Gasteiger partial charge on any atom is 0.329 e. The minimum Gasteiger partial charge on any atom is -0.460 e. The van der Waals surface area contributed by atoms with Crippen LogP contribution in [0.1, 0.15) is 53.0 Å². The molecule has 0 saturated carbocycles. The Hall–Kier alpha value is -2.90. The van der Waals surface area contributed by atoms with E-state index >= 15 is 0 Å². The molecule has 0 radical (unpaired) electrons. The second kappa shape index (κ2) is 11.6. The molecule has 2 rings (SSSR count). The number of ether oxygens (including phenoxy) is 1. The zero-order chi connectivity index (χ0) is 23.8. The lowest BCUT2D eigenvalue weighted by Crippen LogP contribution is -2.55. The third kappa shape index (κ3) is 7.07. The zero-order valence-corrected chi connectivity index (χ0v) is 19.5. The smallest absolute Gasteiger partial charge is 0.329 e. The van der Waals surface area contributed by atoms with Crippen molar-refractivity contribution < 1.29 is 23.9 Å². The van der Waals surface area contributed by atoms with E-state index < -0.39 is 42.0 Å². The van der Waals surface area contributed by atoms with Gasteiger partial charge in [0, 0.05) is 6.42 Å². The van der Waals surface area contributed by atoms with Crippen molar-refractivity contribution in [3.63, 3.8) is 0 Å². The van der Waals surface area contributed by atoms with E-state index in [0.29, 0.717) is 6.42 Å². The number of amides is 3. The fourth-order valence-electron chi connectivity index (χ4n) is 3.46. The lowest BCUT2D eigenvalue weighted by Gasteiger charge is -2.27. The van der Waals surface area contributed by atoms with Gasteiger partial charge in [-0.3, -0.25) is 14.4 Å². The molecule has 1 saturated heterocycles. The minimum absolute atomic E-state index is 0.0707. The van der Waals surface area contributed by atoms with Crippen LogP contribution in [0.2, 0.25) is 0 Å². The highest BCUT2D eigenvalue weighted by Crippen LogP contribution is 2.17. The summed E-state index contributed by atoms with van der Waals surface area (Å²) < 4.78 is 5.68. The zero-order valence-electron chi connectivity index (χ0n) is 19.5. The van der Waals surface area contributed by atoms with E-state index in [1.54, 1.807) is 6.92 Å². The number of hydrogen-bond donors (Lipinski definition) is 3. The molecule has 8 heteroatoms. The first-order valence-corrected chi connectivity index (χ1v) is 11.3. The van der Waals surface area contributed by atoms with E-state index in [1.807, 2.05) is 58.0 Å². The van der Waals surface area contributed by atoms with Crippen LogP contribution in [-0.2, 0) is 30.3 Å². The number of cyclic esters (lactones) is 1. The fourth-order valence-corrected chi connectivity index (χ4v) is 3.46. The monoisotopic (exact) mass is 445 g/mol. The number of carbonyl (C=O) groups excluding carboxylic acids is 4. The van der Waals surface area contributed by atoms with Crippen LogP contribution in [-0.4, -0.2) is 47.9 Å². The highest BCUT2D eigenvalue weighted by atomic mass is 16.5. The standard InChI is InChI=1S/C24H35N3O5/c1-6-15(4)21-24(31)32-19(14(2)3)13-20(28)26-18(12-17-10-8-7-9-11-17)23(30)25-16(5)22(29)27-21/h7-11,14-16,18-19,21H,6,12-13H2,1-5H3,(H,25,30)(H,26,28)(H,27,29)/t15-,16-,18-,19-,21+/m0/s1. The molecular formula is C24H35N3O5. The van der Waals surface area contributed by atoms with Crippen LogP contribution in [0.4, 0.5) is 0 Å². The van der Waals surface area contributed by atoms with E-state index in [1.165, 1.54) is 0 Å². The molecule has 0 aliphatic carbocycles. The van der Waals surface area contributed by atoms with Crippen molar-refractivity contribution >= 4 is 23.7 Å². The molecule has 3 N–H and O–H groups in total. The number of rotatable bonds is 5. The number of esters is 1. The Balaban J connectivity index is 2.34. The Bertz CT molecular complexity index is 811. The molecular weight excluding hydrogens is 410 g/mol. The highest BCUT2D eigenvalue weighted by molar-refractivity contribution is 5.94. The van der Waals surface area contributed by atoms with Gasteiger partial charge >= 0.3 is 5.97 Å². The number of nitrogens with one attached hydrogen (secondary N) is 3. The quantitative estimate of drug-likeness (QED) is 0.597. The summed E-state index contributed by atoms with van der Waals surface area (Å²) in [5.41, 5.74) is 0.873. The minimum atomic E-state index is -0.890. The largest absolute Gasteiger partial charge is 0.460 e. The van der Waals surface area contributed by atoms with E-state index in [2.05, 4.69) is 16.0 Å². The van der Waals surface area contributed by atoms with Crippen molar-refractivity contribution in [2.24, 2.45) is 11.8 Å². The van der Waals surface area contributed by atoms with E-state index in [9.17, 15) is 19.2 Å². The van der Waals surface area contributed by atoms with Gasteiger partial charge in [0.2, 0.25) is 17.7 Å². The van der Waals surface area contributed by atoms with E-state index in [4.69, 9.17) is 4.74 Å². The third-order valence-electron chi connectivity index (χ3n) is 5.85. The van der Waals surface area contributed by atoms with Gasteiger partial charge in [0.15, 0.2) is 0 Å². The molecule has 5 atom stereocenters. The molecule has 0 spiro atoms. The molecule has 176 valence electrons. The number of benzene rings is 1. The first-order valence-electron chi connectivity index (χ1n) is 11.3. The normalized spacial score (nSPS) is 26.6. The van der Waals surface area contributed by atoms with Crippen LogP contribution in [0.5, 0.6) is 0 Å². The molecule has 0 unspecified atom stereocenters. The van der Waals surface area contributed by atoms with Crippen LogP contribution >= 0.6 is 0 Å². The van der Waals surface area contributed by atoms with E-state index in [-0.39, 0.29) is 30.6 Å². The van der Waals surface area contributed by atoms with Crippen molar-refractivity contribution in [2.45, 2.75) is 78.1 Å². The lowest BCUT2D eigenvalue weighted by molar-refractivity contribution is -0.158. The van der Waals surface area contributed by atoms with Crippen LogP contribution < -0.4 is 16.0 Å². The Morgan fingerprint density at radius 2 is 1.62 bits per heavy atom. The summed E-state index contributed by atoms with van der Waals surface area (Å²) in [5, 5.41) is 8.15. The average Bonchev–Trinajstić information content (AvgIpc) is 2.75. The van der Waals surface area contributed by atoms with Crippen LogP contribution in [0.25, 0.3) is 0 Å². The van der Waals surface area contributed by atoms with Gasteiger partial charge in [-0.2, -0.15) is 0 Å². The Morgan fingerprint density at radius 1 is 0.969 bits per heavy atom. The summed E-state index contributed by atoms with van der Waals surface area (Å²) >= 11 is 0. The number of hydrogen-bond acceptors (Lipinski definition) is 5. The lowest BCUT2D eigenvalue weighted by atomic mass is 9.98. The molecule has 1 heterocycles. The van der Waals surface area contributed by atoms with Gasteiger partial charge < -0.3 is 20.7 Å². The molecule has 1 aromatic carbocycles. The highest BCUT2D eigenvalue weighted by Gasteiger charge is 2.34. The topological polar surface area (TPSA) is 114 Å². The van der Waals surface area contributed by atoms with Crippen molar-refractivity contribution in [1.29, 1.82) is 0 Å². The van der Waals surface area contributed by atoms with Gasteiger partial charge in [-0.15, -0.1) is 0 Å². The summed E-state index contributed by atoms with van der Waals surface area (Å²) in [6.07, 6.45) is 0.171. The van der Waals surface area contributed by atoms with Gasteiger partial charge in [0.25, 0.3) is 0 Å². The van der Waals surface area contributed by atoms with Crippen molar-refractivity contribution in [2.75, 3.05) is 0 Å². The van der Waals surface area contributed by atoms with Gasteiger partial charge in [-0.25, -0.2) is 4.79 Å². The summed E-state index contributed by atoms with van der Waals surface area (Å²) in [6.45, 7) is 9.02. The Kier molecular flexibility index (Phi) is 9.23.